The third kappa shape index (κ3) is 3.89. The molecule has 1 atom stereocenters. The van der Waals surface area contributed by atoms with Gasteiger partial charge in [0.2, 0.25) is 5.88 Å². The van der Waals surface area contributed by atoms with Crippen molar-refractivity contribution in [1.82, 2.24) is 20.4 Å². The Balaban J connectivity index is 1.79. The summed E-state index contributed by atoms with van der Waals surface area (Å²) in [5.41, 5.74) is 0.331. The van der Waals surface area contributed by atoms with Crippen LogP contribution in [0.4, 0.5) is 0 Å². The standard InChI is InChI=1S/C13H20N4O2/c1-17(2)13(18)11-3-4-12(16-15-11)19-8-6-10-5-7-14-9-10/h3-4,10,14H,5-9H2,1-2H3. The largest absolute Gasteiger partial charge is 0.477 e. The van der Waals surface area contributed by atoms with Gasteiger partial charge < -0.3 is 15.0 Å². The number of rotatable bonds is 5. The fourth-order valence-corrected chi connectivity index (χ4v) is 2.03. The van der Waals surface area contributed by atoms with Crippen LogP contribution in [0.2, 0.25) is 0 Å². The molecule has 1 amide bonds. The second-order valence-electron chi connectivity index (χ2n) is 4.95. The van der Waals surface area contributed by atoms with Crippen LogP contribution in [0.15, 0.2) is 12.1 Å². The fraction of sp³-hybridized carbons (Fsp3) is 0.615. The molecule has 19 heavy (non-hydrogen) atoms. The van der Waals surface area contributed by atoms with E-state index >= 15 is 0 Å². The van der Waals surface area contributed by atoms with Crippen LogP contribution in [0.3, 0.4) is 0 Å². The predicted octanol–water partition coefficient (Wildman–Crippen LogP) is 0.557. The molecule has 0 aromatic carbocycles. The average molecular weight is 264 g/mol. The van der Waals surface area contributed by atoms with Crippen LogP contribution in [0.1, 0.15) is 23.3 Å². The van der Waals surface area contributed by atoms with Crippen molar-refractivity contribution in [2.75, 3.05) is 33.8 Å². The highest BCUT2D eigenvalue weighted by Gasteiger charge is 2.14. The van der Waals surface area contributed by atoms with E-state index in [2.05, 4.69) is 15.5 Å². The summed E-state index contributed by atoms with van der Waals surface area (Å²) in [6, 6.07) is 3.33. The van der Waals surface area contributed by atoms with Gasteiger partial charge in [-0.25, -0.2) is 0 Å². The number of carbonyl (C=O) groups is 1. The van der Waals surface area contributed by atoms with Gasteiger partial charge >= 0.3 is 0 Å². The van der Waals surface area contributed by atoms with Gasteiger partial charge in [-0.15, -0.1) is 10.2 Å². The molecule has 1 N–H and O–H groups in total. The Morgan fingerprint density at radius 1 is 1.47 bits per heavy atom. The summed E-state index contributed by atoms with van der Waals surface area (Å²) in [6.07, 6.45) is 2.23. The molecule has 1 unspecified atom stereocenters. The van der Waals surface area contributed by atoms with E-state index in [-0.39, 0.29) is 5.91 Å². The Hall–Kier alpha value is -1.69. The number of ether oxygens (including phenoxy) is 1. The minimum atomic E-state index is -0.156. The molecule has 2 rings (SSSR count). The molecule has 0 saturated carbocycles. The Kier molecular flexibility index (Phi) is 4.68. The third-order valence-electron chi connectivity index (χ3n) is 3.20. The van der Waals surface area contributed by atoms with E-state index in [1.54, 1.807) is 26.2 Å². The molecule has 1 fully saturated rings. The summed E-state index contributed by atoms with van der Waals surface area (Å²) < 4.78 is 5.54. The van der Waals surface area contributed by atoms with E-state index in [1.165, 1.54) is 11.3 Å². The average Bonchev–Trinajstić information content (AvgIpc) is 2.92. The number of hydrogen-bond acceptors (Lipinski definition) is 5. The first-order valence-electron chi connectivity index (χ1n) is 6.55. The summed E-state index contributed by atoms with van der Waals surface area (Å²) >= 11 is 0. The van der Waals surface area contributed by atoms with Crippen LogP contribution in [-0.4, -0.2) is 54.8 Å². The highest BCUT2D eigenvalue weighted by atomic mass is 16.5. The van der Waals surface area contributed by atoms with Gasteiger partial charge in [0.15, 0.2) is 5.69 Å². The molecular formula is C13H20N4O2. The van der Waals surface area contributed by atoms with E-state index in [0.717, 1.165) is 19.5 Å². The molecule has 0 bridgehead atoms. The molecule has 1 aromatic rings. The molecule has 6 heteroatoms. The molecule has 0 spiro atoms. The molecule has 1 aliphatic heterocycles. The third-order valence-corrected chi connectivity index (χ3v) is 3.20. The Morgan fingerprint density at radius 3 is 2.89 bits per heavy atom. The van der Waals surface area contributed by atoms with E-state index in [9.17, 15) is 4.79 Å². The molecule has 1 aromatic heterocycles. The quantitative estimate of drug-likeness (QED) is 0.841. The van der Waals surface area contributed by atoms with Crippen LogP contribution >= 0.6 is 0 Å². The van der Waals surface area contributed by atoms with Crippen LogP contribution in [0, 0.1) is 5.92 Å². The van der Waals surface area contributed by atoms with Crippen LogP contribution < -0.4 is 10.1 Å². The predicted molar refractivity (Wildman–Crippen MR) is 71.1 cm³/mol. The van der Waals surface area contributed by atoms with Gasteiger partial charge in [-0.2, -0.15) is 0 Å². The normalized spacial score (nSPS) is 18.3. The van der Waals surface area contributed by atoms with Crippen molar-refractivity contribution in [2.24, 2.45) is 5.92 Å². The van der Waals surface area contributed by atoms with Crippen LogP contribution in [0.25, 0.3) is 0 Å². The SMILES string of the molecule is CN(C)C(=O)c1ccc(OCCC2CCNC2)nn1. The summed E-state index contributed by atoms with van der Waals surface area (Å²) in [7, 11) is 3.37. The van der Waals surface area contributed by atoms with Crippen molar-refractivity contribution < 1.29 is 9.53 Å². The molecular weight excluding hydrogens is 244 g/mol. The lowest BCUT2D eigenvalue weighted by Gasteiger charge is -2.10. The molecule has 1 aliphatic rings. The van der Waals surface area contributed by atoms with E-state index in [0.29, 0.717) is 24.1 Å². The van der Waals surface area contributed by atoms with Gasteiger partial charge in [0, 0.05) is 20.2 Å². The Labute approximate surface area is 113 Å². The van der Waals surface area contributed by atoms with Crippen molar-refractivity contribution >= 4 is 5.91 Å². The zero-order chi connectivity index (χ0) is 13.7. The number of nitrogens with zero attached hydrogens (tertiary/aromatic N) is 3. The lowest BCUT2D eigenvalue weighted by atomic mass is 10.1. The number of carbonyl (C=O) groups excluding carboxylic acids is 1. The summed E-state index contributed by atoms with van der Waals surface area (Å²) in [4.78, 5) is 13.1. The maximum Gasteiger partial charge on any atom is 0.273 e. The second kappa shape index (κ2) is 6.47. The lowest BCUT2D eigenvalue weighted by Crippen LogP contribution is -2.23. The minimum Gasteiger partial charge on any atom is -0.477 e. The van der Waals surface area contributed by atoms with Crippen LogP contribution in [-0.2, 0) is 0 Å². The summed E-state index contributed by atoms with van der Waals surface area (Å²) in [5, 5.41) is 11.1. The van der Waals surface area contributed by atoms with Crippen molar-refractivity contribution in [3.63, 3.8) is 0 Å². The second-order valence-corrected chi connectivity index (χ2v) is 4.95. The van der Waals surface area contributed by atoms with Gasteiger partial charge in [-0.1, -0.05) is 0 Å². The van der Waals surface area contributed by atoms with Crippen molar-refractivity contribution in [3.05, 3.63) is 17.8 Å². The number of aromatic nitrogens is 2. The molecule has 0 radical (unpaired) electrons. The number of hydrogen-bond donors (Lipinski definition) is 1. The van der Waals surface area contributed by atoms with Crippen molar-refractivity contribution in [2.45, 2.75) is 12.8 Å². The maximum atomic E-state index is 11.6. The monoisotopic (exact) mass is 264 g/mol. The van der Waals surface area contributed by atoms with E-state index in [1.807, 2.05) is 0 Å². The van der Waals surface area contributed by atoms with Crippen LogP contribution in [0.5, 0.6) is 5.88 Å². The Morgan fingerprint density at radius 2 is 2.32 bits per heavy atom. The van der Waals surface area contributed by atoms with Crippen molar-refractivity contribution in [1.29, 1.82) is 0 Å². The van der Waals surface area contributed by atoms with Gasteiger partial charge in [0.05, 0.1) is 6.61 Å². The van der Waals surface area contributed by atoms with E-state index in [4.69, 9.17) is 4.74 Å². The first kappa shape index (κ1) is 13.7. The molecule has 104 valence electrons. The first-order valence-corrected chi connectivity index (χ1v) is 6.55. The number of nitrogens with one attached hydrogen (secondary N) is 1. The summed E-state index contributed by atoms with van der Waals surface area (Å²) in [6.45, 7) is 2.82. The molecule has 2 heterocycles. The van der Waals surface area contributed by atoms with Gasteiger partial charge in [-0.3, -0.25) is 4.79 Å². The highest BCUT2D eigenvalue weighted by molar-refractivity contribution is 5.91. The van der Waals surface area contributed by atoms with Gasteiger partial charge in [-0.05, 0) is 37.9 Å². The highest BCUT2D eigenvalue weighted by Crippen LogP contribution is 2.13. The first-order chi connectivity index (χ1) is 9.16. The van der Waals surface area contributed by atoms with Gasteiger partial charge in [0.25, 0.3) is 5.91 Å². The molecule has 6 nitrogen and oxygen atoms in total. The molecule has 0 aliphatic carbocycles. The molecule has 1 saturated heterocycles. The topological polar surface area (TPSA) is 67.3 Å². The Bertz CT molecular complexity index is 413. The summed E-state index contributed by atoms with van der Waals surface area (Å²) in [5.74, 6) is 1.01. The zero-order valence-corrected chi connectivity index (χ0v) is 11.4. The van der Waals surface area contributed by atoms with Crippen molar-refractivity contribution in [3.8, 4) is 5.88 Å². The smallest absolute Gasteiger partial charge is 0.273 e. The maximum absolute atomic E-state index is 11.6. The van der Waals surface area contributed by atoms with Gasteiger partial charge in [0.1, 0.15) is 0 Å². The minimum absolute atomic E-state index is 0.156. The zero-order valence-electron chi connectivity index (χ0n) is 11.4. The fourth-order valence-electron chi connectivity index (χ4n) is 2.03. The lowest BCUT2D eigenvalue weighted by molar-refractivity contribution is 0.0820. The number of amides is 1. The van der Waals surface area contributed by atoms with E-state index < -0.39 is 0 Å².